The van der Waals surface area contributed by atoms with E-state index in [-0.39, 0.29) is 24.3 Å². The summed E-state index contributed by atoms with van der Waals surface area (Å²) in [4.78, 5) is 12.5. The van der Waals surface area contributed by atoms with E-state index < -0.39 is 6.71 Å². The van der Waals surface area contributed by atoms with Crippen molar-refractivity contribution in [3.05, 3.63) is 343 Å². The Hall–Kier alpha value is -13.3. The first-order valence-corrected chi connectivity index (χ1v) is 44.7. The summed E-state index contributed by atoms with van der Waals surface area (Å²) in [7, 11) is 0. The standard InChI is InChI=1S/C114H106B3N5O4/c1-63-27-64(2)36-81(35-63)118(82-37-65(3)28-66(4)38-82)89-53-100-110-101(54-89)122(88-49-77(15)34-78(16)50-88)99-62-105-97(117-95-52-80(114(20,21)22)24-26-103(95)124-107-56-91(58-109(126-105)112(107)117)120(85-43-71(9)31-72(10)44-85)86-45-73(11)32-74(12)46-86)60-93(99)115(110)92-59-96-104(61-98(92)121(100)87-47-75(13)33-76(14)48-87)125-108-57-90(55-106-111(108)116(96)94-51-79(113(17,18)19)23-25-102(94)123-106)119(83-39-67(5)29-68(6)40-83)84-41-69(7)30-70(8)42-84/h23-62H,1-22H3. The smallest absolute Gasteiger partial charge is 0.260 e. The predicted octanol–water partition coefficient (Wildman–Crippen LogP) is 25.2. The van der Waals surface area contributed by atoms with Gasteiger partial charge in [-0.3, -0.25) is 0 Å². The molecule has 0 spiro atoms. The third-order valence-electron chi connectivity index (χ3n) is 26.4. The summed E-state index contributed by atoms with van der Waals surface area (Å²) in [6.07, 6.45) is 0. The number of rotatable bonds is 11. The molecule has 0 atom stereocenters. The summed E-state index contributed by atoms with van der Waals surface area (Å²) < 4.78 is 31.1. The molecule has 0 aliphatic carbocycles. The van der Waals surface area contributed by atoms with Crippen molar-refractivity contribution >= 4 is 155 Å². The summed E-state index contributed by atoms with van der Waals surface area (Å²) in [5.41, 5.74) is 46.3. The molecule has 0 fully saturated rings. The second kappa shape index (κ2) is 29.1. The molecule has 0 bridgehead atoms. The van der Waals surface area contributed by atoms with Gasteiger partial charge in [0.05, 0.1) is 17.1 Å². The molecule has 0 unspecified atom stereocenters. The summed E-state index contributed by atoms with van der Waals surface area (Å²) in [5, 5.41) is 0. The van der Waals surface area contributed by atoms with E-state index in [0.29, 0.717) is 0 Å². The number of fused-ring (bicyclic) bond motifs is 12. The van der Waals surface area contributed by atoms with Crippen LogP contribution in [0.2, 0.25) is 0 Å². The first kappa shape index (κ1) is 79.8. The van der Waals surface area contributed by atoms with Crippen molar-refractivity contribution in [3.8, 4) is 46.0 Å². The molecule has 15 aromatic carbocycles. The Balaban J connectivity index is 0.882. The van der Waals surface area contributed by atoms with Gasteiger partial charge in [-0.1, -0.05) is 126 Å². The van der Waals surface area contributed by atoms with Gasteiger partial charge >= 0.3 is 0 Å². The number of hydrogen-bond donors (Lipinski definition) is 0. The highest BCUT2D eigenvalue weighted by Gasteiger charge is 2.51. The lowest BCUT2D eigenvalue weighted by Crippen LogP contribution is -2.65. The van der Waals surface area contributed by atoms with Crippen molar-refractivity contribution in [2.45, 2.75) is 163 Å². The molecule has 15 aromatic rings. The summed E-state index contributed by atoms with van der Waals surface area (Å²) in [5.74, 6) is 6.25. The zero-order chi connectivity index (χ0) is 87.6. The third kappa shape index (κ3) is 13.6. The van der Waals surface area contributed by atoms with Crippen LogP contribution in [0.4, 0.5) is 85.3 Å². The molecule has 9 nitrogen and oxygen atoms in total. The third-order valence-corrected chi connectivity index (χ3v) is 26.4. The van der Waals surface area contributed by atoms with Crippen LogP contribution in [0, 0.1) is 111 Å². The van der Waals surface area contributed by atoms with Gasteiger partial charge in [0.1, 0.15) is 46.0 Å². The van der Waals surface area contributed by atoms with Crippen LogP contribution in [0.3, 0.4) is 0 Å². The maximum atomic E-state index is 8.01. The van der Waals surface area contributed by atoms with E-state index in [4.69, 9.17) is 18.9 Å². The van der Waals surface area contributed by atoms with Gasteiger partial charge in [0.25, 0.3) is 20.1 Å². The highest BCUT2D eigenvalue weighted by molar-refractivity contribution is 7.03. The van der Waals surface area contributed by atoms with Crippen LogP contribution in [0.5, 0.6) is 46.0 Å². The highest BCUT2D eigenvalue weighted by Crippen LogP contribution is 2.54. The number of nitrogens with zero attached hydrogens (tertiary/aromatic N) is 5. The second-order valence-corrected chi connectivity index (χ2v) is 39.7. The van der Waals surface area contributed by atoms with Crippen LogP contribution in [-0.4, -0.2) is 20.1 Å². The fourth-order valence-corrected chi connectivity index (χ4v) is 21.8. The van der Waals surface area contributed by atoms with Crippen LogP contribution in [0.15, 0.2) is 243 Å². The maximum absolute atomic E-state index is 8.01. The predicted molar refractivity (Wildman–Crippen MR) is 533 cm³/mol. The normalized spacial score (nSPS) is 13.3. The minimum atomic E-state index is -0.412. The van der Waals surface area contributed by atoms with E-state index in [1.807, 2.05) is 0 Å². The first-order chi connectivity index (χ1) is 60.1. The molecule has 0 radical (unpaired) electrons. The van der Waals surface area contributed by atoms with Gasteiger partial charge in [0.15, 0.2) is 0 Å². The van der Waals surface area contributed by atoms with Crippen LogP contribution < -0.4 is 92.6 Å². The Morgan fingerprint density at radius 2 is 0.421 bits per heavy atom. The van der Waals surface area contributed by atoms with Crippen molar-refractivity contribution in [2.24, 2.45) is 0 Å². The Morgan fingerprint density at radius 3 is 0.683 bits per heavy atom. The van der Waals surface area contributed by atoms with Gasteiger partial charge in [-0.25, -0.2) is 0 Å². The average Bonchev–Trinajstić information content (AvgIpc) is 0.679. The maximum Gasteiger partial charge on any atom is 0.260 e. The molecule has 6 heterocycles. The number of ether oxygens (including phenoxy) is 4. The minimum absolute atomic E-state index is 0.192. The van der Waals surface area contributed by atoms with Crippen molar-refractivity contribution in [3.63, 3.8) is 0 Å². The van der Waals surface area contributed by atoms with Gasteiger partial charge in [-0.15, -0.1) is 0 Å². The lowest BCUT2D eigenvalue weighted by Gasteiger charge is -2.46. The average molecular weight is 1640 g/mol. The molecule has 6 aliphatic heterocycles. The molecule has 0 aromatic heterocycles. The molecular formula is C114H106B3N5O4. The Morgan fingerprint density at radius 1 is 0.198 bits per heavy atom. The number of aryl methyl sites for hydroxylation is 16. The van der Waals surface area contributed by atoms with E-state index >= 15 is 0 Å². The van der Waals surface area contributed by atoms with Gasteiger partial charge in [0.2, 0.25) is 0 Å². The van der Waals surface area contributed by atoms with E-state index in [1.54, 1.807) is 0 Å². The van der Waals surface area contributed by atoms with E-state index in [2.05, 4.69) is 419 Å². The lowest BCUT2D eigenvalue weighted by atomic mass is 9.29. The second-order valence-electron chi connectivity index (χ2n) is 39.7. The minimum Gasteiger partial charge on any atom is -0.458 e. The van der Waals surface area contributed by atoms with Crippen LogP contribution in [0.25, 0.3) is 0 Å². The van der Waals surface area contributed by atoms with Crippen LogP contribution >= 0.6 is 0 Å². The molecule has 6 aliphatic rings. The monoisotopic (exact) mass is 1640 g/mol. The molecule has 21 rings (SSSR count). The van der Waals surface area contributed by atoms with Gasteiger partial charge in [-0.2, -0.15) is 0 Å². The van der Waals surface area contributed by atoms with Crippen LogP contribution in [-0.2, 0) is 10.8 Å². The largest absolute Gasteiger partial charge is 0.458 e. The molecule has 0 saturated heterocycles. The van der Waals surface area contributed by atoms with Gasteiger partial charge in [0, 0.05) is 116 Å². The zero-order valence-corrected chi connectivity index (χ0v) is 76.7. The summed E-state index contributed by atoms with van der Waals surface area (Å²) >= 11 is 0. The van der Waals surface area contributed by atoms with Crippen molar-refractivity contribution in [1.29, 1.82) is 0 Å². The number of anilines is 15. The molecule has 0 amide bonds. The van der Waals surface area contributed by atoms with Crippen molar-refractivity contribution < 1.29 is 18.9 Å². The quantitative estimate of drug-likeness (QED) is 0.118. The summed E-state index contributed by atoms with van der Waals surface area (Å²) in [6, 6.07) is 93.5. The number of hydrogen-bond acceptors (Lipinski definition) is 9. The molecule has 620 valence electrons. The number of benzene rings is 15. The Bertz CT molecular complexity index is 6540. The van der Waals surface area contributed by atoms with Crippen molar-refractivity contribution in [2.75, 3.05) is 24.5 Å². The SMILES string of the molecule is Cc1cc(C)cc(N(c2cc(C)cc(C)c2)c2cc3c4c(c2)Oc2cc5c(cc2B4c2cc(C(C)(C)C)ccc2O3)B2c3cc4c(cc3N(c3cc(C)cc(C)c3)c3cc(N(c6cc(C)cc(C)c6)c6cc(C)cc(C)c6)cc(c32)N5c2cc(C)cc(C)c2)Oc2cc(N(c3cc(C)cc(C)c3)c3cc(C)cc(C)c3)cc3c2B4c2cc(C(C)(C)C)ccc2O3)c1. The van der Waals surface area contributed by atoms with E-state index in [9.17, 15) is 0 Å². The Labute approximate surface area is 745 Å². The molecular weight excluding hydrogens is 1540 g/mol. The lowest BCUT2D eigenvalue weighted by molar-refractivity contribution is 0.464. The molecule has 0 saturated carbocycles. The molecule has 0 N–H and O–H groups in total. The van der Waals surface area contributed by atoms with Gasteiger partial charge in [-0.05, 0) is 381 Å². The Kier molecular flexibility index (Phi) is 18.5. The van der Waals surface area contributed by atoms with Crippen molar-refractivity contribution in [1.82, 2.24) is 0 Å². The fraction of sp³-hybridized carbons (Fsp3) is 0.211. The summed E-state index contributed by atoms with van der Waals surface area (Å²) in [6.45, 7) is 48.2. The van der Waals surface area contributed by atoms with E-state index in [1.165, 1.54) is 83.4 Å². The molecule has 126 heavy (non-hydrogen) atoms. The topological polar surface area (TPSA) is 53.1 Å². The molecule has 12 heteroatoms. The zero-order valence-electron chi connectivity index (χ0n) is 76.7. The van der Waals surface area contributed by atoms with Gasteiger partial charge < -0.3 is 43.4 Å². The fourth-order valence-electron chi connectivity index (χ4n) is 21.8. The van der Waals surface area contributed by atoms with Crippen LogP contribution in [0.1, 0.15) is 142 Å². The highest BCUT2D eigenvalue weighted by atomic mass is 16.5. The first-order valence-electron chi connectivity index (χ1n) is 44.7. The van der Waals surface area contributed by atoms with E-state index in [0.717, 1.165) is 197 Å².